The Morgan fingerprint density at radius 1 is 1.31 bits per heavy atom. The highest BCUT2D eigenvalue weighted by Crippen LogP contribution is 2.48. The number of rotatable bonds is 5. The molecule has 0 amide bonds. The van der Waals surface area contributed by atoms with Gasteiger partial charge in [-0.3, -0.25) is 0 Å². The Labute approximate surface area is 82.0 Å². The lowest BCUT2D eigenvalue weighted by Gasteiger charge is -2.55. The van der Waals surface area contributed by atoms with Crippen LogP contribution >= 0.6 is 0 Å². The van der Waals surface area contributed by atoms with Gasteiger partial charge in [-0.25, -0.2) is 0 Å². The van der Waals surface area contributed by atoms with Gasteiger partial charge in [0.25, 0.3) is 0 Å². The van der Waals surface area contributed by atoms with E-state index in [4.69, 9.17) is 4.74 Å². The monoisotopic (exact) mass is 185 g/mol. The van der Waals surface area contributed by atoms with Crippen LogP contribution in [-0.4, -0.2) is 25.8 Å². The van der Waals surface area contributed by atoms with Gasteiger partial charge in [0.2, 0.25) is 0 Å². The normalized spacial score (nSPS) is 31.4. The highest BCUT2D eigenvalue weighted by Gasteiger charge is 2.52. The summed E-state index contributed by atoms with van der Waals surface area (Å²) < 4.78 is 5.52. The second kappa shape index (κ2) is 4.43. The first-order chi connectivity index (χ1) is 6.25. The van der Waals surface area contributed by atoms with E-state index in [-0.39, 0.29) is 0 Å². The van der Waals surface area contributed by atoms with Crippen LogP contribution in [0.2, 0.25) is 0 Å². The molecule has 0 aromatic carbocycles. The van der Waals surface area contributed by atoms with Crippen LogP contribution in [0.1, 0.15) is 40.0 Å². The van der Waals surface area contributed by atoms with E-state index >= 15 is 0 Å². The SMILES string of the molecule is CCNC1CC(OC)C1(CC)CC. The summed E-state index contributed by atoms with van der Waals surface area (Å²) in [5.41, 5.74) is 0.408. The largest absolute Gasteiger partial charge is 0.381 e. The molecule has 2 unspecified atom stereocenters. The van der Waals surface area contributed by atoms with E-state index in [1.54, 1.807) is 0 Å². The molecule has 1 N–H and O–H groups in total. The number of nitrogens with one attached hydrogen (secondary N) is 1. The molecule has 1 aliphatic carbocycles. The molecule has 0 aromatic heterocycles. The van der Waals surface area contributed by atoms with Crippen molar-refractivity contribution in [3.05, 3.63) is 0 Å². The van der Waals surface area contributed by atoms with Crippen molar-refractivity contribution in [1.29, 1.82) is 0 Å². The predicted octanol–water partition coefficient (Wildman–Crippen LogP) is 2.19. The van der Waals surface area contributed by atoms with Crippen LogP contribution in [0, 0.1) is 5.41 Å². The zero-order valence-corrected chi connectivity index (χ0v) is 9.39. The van der Waals surface area contributed by atoms with E-state index in [0.29, 0.717) is 17.6 Å². The highest BCUT2D eigenvalue weighted by molar-refractivity contribution is 5.06. The average Bonchev–Trinajstić information content (AvgIpc) is 2.14. The molecule has 0 bridgehead atoms. The van der Waals surface area contributed by atoms with Crippen LogP contribution in [0.4, 0.5) is 0 Å². The van der Waals surface area contributed by atoms with Crippen LogP contribution in [0.5, 0.6) is 0 Å². The Morgan fingerprint density at radius 2 is 1.92 bits per heavy atom. The minimum absolute atomic E-state index is 0.408. The lowest BCUT2D eigenvalue weighted by atomic mass is 9.58. The van der Waals surface area contributed by atoms with Crippen LogP contribution in [-0.2, 0) is 4.74 Å². The van der Waals surface area contributed by atoms with Crippen molar-refractivity contribution in [2.75, 3.05) is 13.7 Å². The summed E-state index contributed by atoms with van der Waals surface area (Å²) in [6.45, 7) is 7.80. The molecule has 0 radical (unpaired) electrons. The average molecular weight is 185 g/mol. The highest BCUT2D eigenvalue weighted by atomic mass is 16.5. The van der Waals surface area contributed by atoms with E-state index < -0.39 is 0 Å². The third kappa shape index (κ3) is 1.62. The molecule has 0 spiro atoms. The van der Waals surface area contributed by atoms with Crippen molar-refractivity contribution in [3.8, 4) is 0 Å². The molecule has 0 heterocycles. The first kappa shape index (κ1) is 11.0. The van der Waals surface area contributed by atoms with Gasteiger partial charge in [-0.15, -0.1) is 0 Å². The standard InChI is InChI=1S/C11H23NO/c1-5-11(6-2)9(12-7-3)8-10(11)13-4/h9-10,12H,5-8H2,1-4H3. The number of ether oxygens (including phenoxy) is 1. The topological polar surface area (TPSA) is 21.3 Å². The number of methoxy groups -OCH3 is 1. The summed E-state index contributed by atoms with van der Waals surface area (Å²) in [5.74, 6) is 0. The van der Waals surface area contributed by atoms with Crippen LogP contribution < -0.4 is 5.32 Å². The smallest absolute Gasteiger partial charge is 0.0657 e. The van der Waals surface area contributed by atoms with Crippen molar-refractivity contribution in [2.24, 2.45) is 5.41 Å². The predicted molar refractivity (Wildman–Crippen MR) is 55.9 cm³/mol. The molecule has 2 nitrogen and oxygen atoms in total. The summed E-state index contributed by atoms with van der Waals surface area (Å²) in [6.07, 6.45) is 4.11. The van der Waals surface area contributed by atoms with Crippen LogP contribution in [0.3, 0.4) is 0 Å². The number of hydrogen-bond donors (Lipinski definition) is 1. The zero-order chi connectivity index (χ0) is 9.90. The van der Waals surface area contributed by atoms with E-state index in [1.807, 2.05) is 7.11 Å². The molecular weight excluding hydrogens is 162 g/mol. The summed E-state index contributed by atoms with van der Waals surface area (Å²) in [6, 6.07) is 0.678. The fourth-order valence-electron chi connectivity index (χ4n) is 2.81. The van der Waals surface area contributed by atoms with E-state index in [1.165, 1.54) is 19.3 Å². The minimum atomic E-state index is 0.408. The maximum Gasteiger partial charge on any atom is 0.0657 e. The molecular formula is C11H23NO. The van der Waals surface area contributed by atoms with Crippen molar-refractivity contribution < 1.29 is 4.74 Å². The molecule has 0 aromatic rings. The molecule has 1 rings (SSSR count). The molecule has 2 heteroatoms. The van der Waals surface area contributed by atoms with Crippen LogP contribution in [0.15, 0.2) is 0 Å². The molecule has 13 heavy (non-hydrogen) atoms. The first-order valence-electron chi connectivity index (χ1n) is 5.51. The fraction of sp³-hybridized carbons (Fsp3) is 1.00. The van der Waals surface area contributed by atoms with E-state index in [0.717, 1.165) is 6.54 Å². The molecule has 1 saturated carbocycles. The summed E-state index contributed by atoms with van der Waals surface area (Å²) in [5, 5.41) is 3.56. The third-order valence-electron chi connectivity index (χ3n) is 3.84. The van der Waals surface area contributed by atoms with Crippen molar-refractivity contribution in [3.63, 3.8) is 0 Å². The Morgan fingerprint density at radius 3 is 2.31 bits per heavy atom. The summed E-state index contributed by atoms with van der Waals surface area (Å²) in [7, 11) is 1.84. The zero-order valence-electron chi connectivity index (χ0n) is 9.39. The second-order valence-corrected chi connectivity index (χ2v) is 4.01. The molecule has 2 atom stereocenters. The Bertz CT molecular complexity index is 154. The van der Waals surface area contributed by atoms with E-state index in [2.05, 4.69) is 26.1 Å². The number of hydrogen-bond acceptors (Lipinski definition) is 2. The quantitative estimate of drug-likeness (QED) is 0.709. The van der Waals surface area contributed by atoms with E-state index in [9.17, 15) is 0 Å². The van der Waals surface area contributed by atoms with Gasteiger partial charge in [0.15, 0.2) is 0 Å². The molecule has 0 aliphatic heterocycles. The Hall–Kier alpha value is -0.0800. The fourth-order valence-corrected chi connectivity index (χ4v) is 2.81. The minimum Gasteiger partial charge on any atom is -0.381 e. The molecule has 1 fully saturated rings. The molecule has 78 valence electrons. The third-order valence-corrected chi connectivity index (χ3v) is 3.84. The van der Waals surface area contributed by atoms with Gasteiger partial charge >= 0.3 is 0 Å². The van der Waals surface area contributed by atoms with Crippen molar-refractivity contribution in [1.82, 2.24) is 5.32 Å². The molecule has 1 aliphatic rings. The van der Waals surface area contributed by atoms with Gasteiger partial charge in [0.05, 0.1) is 6.10 Å². The maximum atomic E-state index is 5.52. The lowest BCUT2D eigenvalue weighted by molar-refractivity contribution is -0.123. The maximum absolute atomic E-state index is 5.52. The Balaban J connectivity index is 2.61. The Kier molecular flexibility index (Phi) is 3.74. The van der Waals surface area contributed by atoms with Gasteiger partial charge in [0, 0.05) is 18.6 Å². The summed E-state index contributed by atoms with van der Waals surface area (Å²) in [4.78, 5) is 0. The van der Waals surface area contributed by atoms with Crippen molar-refractivity contribution >= 4 is 0 Å². The van der Waals surface area contributed by atoms with Gasteiger partial charge in [-0.1, -0.05) is 20.8 Å². The summed E-state index contributed by atoms with van der Waals surface area (Å²) >= 11 is 0. The first-order valence-corrected chi connectivity index (χ1v) is 5.51. The van der Waals surface area contributed by atoms with Gasteiger partial charge < -0.3 is 10.1 Å². The van der Waals surface area contributed by atoms with Gasteiger partial charge in [-0.2, -0.15) is 0 Å². The van der Waals surface area contributed by atoms with Gasteiger partial charge in [0.1, 0.15) is 0 Å². The second-order valence-electron chi connectivity index (χ2n) is 4.01. The van der Waals surface area contributed by atoms with Crippen LogP contribution in [0.25, 0.3) is 0 Å². The van der Waals surface area contributed by atoms with Crippen molar-refractivity contribution in [2.45, 2.75) is 52.2 Å². The lowest BCUT2D eigenvalue weighted by Crippen LogP contribution is -2.63. The molecule has 0 saturated heterocycles. The van der Waals surface area contributed by atoms with Gasteiger partial charge in [-0.05, 0) is 25.8 Å².